The molecule has 1 N–H and O–H groups in total. The number of carbonyl (C=O) groups is 1. The second kappa shape index (κ2) is 8.83. The molecule has 0 unspecified atom stereocenters. The summed E-state index contributed by atoms with van der Waals surface area (Å²) in [4.78, 5) is 12.1. The molecule has 5 heteroatoms. The van der Waals surface area contributed by atoms with E-state index in [1.165, 1.54) is 0 Å². The molecule has 3 rings (SSSR count). The number of amides is 1. The maximum Gasteiger partial charge on any atom is 0.272 e. The van der Waals surface area contributed by atoms with Crippen molar-refractivity contribution in [3.05, 3.63) is 101 Å². The Morgan fingerprint density at radius 2 is 1.65 bits per heavy atom. The van der Waals surface area contributed by atoms with Crippen LogP contribution in [0.1, 0.15) is 21.5 Å². The average molecular weight is 365 g/mol. The van der Waals surface area contributed by atoms with Crippen LogP contribution in [0.15, 0.2) is 84.0 Å². The second-order valence-electron chi connectivity index (χ2n) is 5.49. The Kier molecular flexibility index (Phi) is 6.01. The monoisotopic (exact) mass is 364 g/mol. The Bertz CT molecular complexity index is 911. The van der Waals surface area contributed by atoms with Gasteiger partial charge in [-0.3, -0.25) is 4.79 Å². The molecule has 0 saturated heterocycles. The van der Waals surface area contributed by atoms with Crippen molar-refractivity contribution in [3.63, 3.8) is 0 Å². The maximum atomic E-state index is 12.1. The molecule has 0 aliphatic heterocycles. The summed E-state index contributed by atoms with van der Waals surface area (Å²) in [5.74, 6) is 0.321. The SMILES string of the molecule is O=C(N/N=C/c1ccccc1OCc1ccccc1)c1ccccc1Cl. The standard InChI is InChI=1S/C21H17ClN2O2/c22-19-12-6-5-11-18(19)21(25)24-23-14-17-10-4-7-13-20(17)26-15-16-8-2-1-3-9-16/h1-14H,15H2,(H,24,25)/b23-14+. The fourth-order valence-corrected chi connectivity index (χ4v) is 2.54. The van der Waals surface area contributed by atoms with E-state index in [1.807, 2.05) is 54.6 Å². The topological polar surface area (TPSA) is 50.7 Å². The van der Waals surface area contributed by atoms with Crippen LogP contribution in [0.4, 0.5) is 0 Å². The van der Waals surface area contributed by atoms with E-state index in [0.717, 1.165) is 11.1 Å². The number of rotatable bonds is 6. The highest BCUT2D eigenvalue weighted by molar-refractivity contribution is 6.33. The van der Waals surface area contributed by atoms with E-state index in [4.69, 9.17) is 16.3 Å². The molecule has 0 spiro atoms. The molecule has 0 atom stereocenters. The zero-order chi connectivity index (χ0) is 18.2. The molecule has 0 bridgehead atoms. The normalized spacial score (nSPS) is 10.7. The minimum absolute atomic E-state index is 0.366. The minimum atomic E-state index is -0.366. The molecule has 0 aromatic heterocycles. The molecule has 0 radical (unpaired) electrons. The van der Waals surface area contributed by atoms with Gasteiger partial charge in [-0.1, -0.05) is 66.2 Å². The predicted octanol–water partition coefficient (Wildman–Crippen LogP) is 4.68. The number of nitrogens with one attached hydrogen (secondary N) is 1. The van der Waals surface area contributed by atoms with Crippen LogP contribution in [0, 0.1) is 0 Å². The lowest BCUT2D eigenvalue weighted by Gasteiger charge is -2.09. The van der Waals surface area contributed by atoms with Crippen molar-refractivity contribution >= 4 is 23.7 Å². The Labute approximate surface area is 157 Å². The first-order chi connectivity index (χ1) is 12.7. The predicted molar refractivity (Wildman–Crippen MR) is 104 cm³/mol. The number of ether oxygens (including phenoxy) is 1. The molecule has 0 fully saturated rings. The molecule has 0 saturated carbocycles. The van der Waals surface area contributed by atoms with Crippen molar-refractivity contribution < 1.29 is 9.53 Å². The molecule has 26 heavy (non-hydrogen) atoms. The van der Waals surface area contributed by atoms with Crippen molar-refractivity contribution in [3.8, 4) is 5.75 Å². The fourth-order valence-electron chi connectivity index (χ4n) is 2.32. The van der Waals surface area contributed by atoms with Gasteiger partial charge in [0.15, 0.2) is 0 Å². The quantitative estimate of drug-likeness (QED) is 0.510. The van der Waals surface area contributed by atoms with Gasteiger partial charge in [-0.05, 0) is 29.8 Å². The van der Waals surface area contributed by atoms with Gasteiger partial charge >= 0.3 is 0 Å². The van der Waals surface area contributed by atoms with E-state index in [9.17, 15) is 4.79 Å². The number of para-hydroxylation sites is 1. The molecule has 0 heterocycles. The van der Waals surface area contributed by atoms with Crippen molar-refractivity contribution in [1.82, 2.24) is 5.43 Å². The molecule has 3 aromatic carbocycles. The summed E-state index contributed by atoms with van der Waals surface area (Å²) in [6.07, 6.45) is 1.55. The van der Waals surface area contributed by atoms with Crippen molar-refractivity contribution in [1.29, 1.82) is 0 Å². The largest absolute Gasteiger partial charge is 0.488 e. The smallest absolute Gasteiger partial charge is 0.272 e. The number of carbonyl (C=O) groups excluding carboxylic acids is 1. The van der Waals surface area contributed by atoms with E-state index in [2.05, 4.69) is 10.5 Å². The molecule has 4 nitrogen and oxygen atoms in total. The van der Waals surface area contributed by atoms with Gasteiger partial charge in [-0.15, -0.1) is 0 Å². The van der Waals surface area contributed by atoms with Gasteiger partial charge in [0.25, 0.3) is 5.91 Å². The van der Waals surface area contributed by atoms with Crippen LogP contribution in [-0.2, 0) is 6.61 Å². The van der Waals surface area contributed by atoms with Gasteiger partial charge in [-0.2, -0.15) is 5.10 Å². The summed E-state index contributed by atoms with van der Waals surface area (Å²) in [5.41, 5.74) is 4.70. The highest BCUT2D eigenvalue weighted by Gasteiger charge is 2.08. The third-order valence-electron chi connectivity index (χ3n) is 3.64. The van der Waals surface area contributed by atoms with E-state index in [-0.39, 0.29) is 5.91 Å². The average Bonchev–Trinajstić information content (AvgIpc) is 2.68. The second-order valence-corrected chi connectivity index (χ2v) is 5.90. The van der Waals surface area contributed by atoms with Crippen LogP contribution in [0.2, 0.25) is 5.02 Å². The summed E-state index contributed by atoms with van der Waals surface area (Å²) < 4.78 is 5.86. The van der Waals surface area contributed by atoms with Gasteiger partial charge in [0.1, 0.15) is 12.4 Å². The molecular formula is C21H17ClN2O2. The molecule has 0 aliphatic rings. The number of hydrogen-bond acceptors (Lipinski definition) is 3. The van der Waals surface area contributed by atoms with E-state index in [1.54, 1.807) is 30.5 Å². The maximum absolute atomic E-state index is 12.1. The Hall–Kier alpha value is -3.11. The summed E-state index contributed by atoms with van der Waals surface area (Å²) in [5, 5.41) is 4.39. The fraction of sp³-hybridized carbons (Fsp3) is 0.0476. The zero-order valence-corrected chi connectivity index (χ0v) is 14.7. The van der Waals surface area contributed by atoms with Crippen LogP contribution in [-0.4, -0.2) is 12.1 Å². The van der Waals surface area contributed by atoms with Gasteiger partial charge in [-0.25, -0.2) is 5.43 Å². The lowest BCUT2D eigenvalue weighted by Crippen LogP contribution is -2.18. The number of halogens is 1. The minimum Gasteiger partial charge on any atom is -0.488 e. The Balaban J connectivity index is 1.65. The number of hydrazone groups is 1. The van der Waals surface area contributed by atoms with Crippen LogP contribution in [0.5, 0.6) is 5.75 Å². The summed E-state index contributed by atoms with van der Waals surface area (Å²) in [6.45, 7) is 0.456. The van der Waals surface area contributed by atoms with E-state index < -0.39 is 0 Å². The molecular weight excluding hydrogens is 348 g/mol. The molecule has 1 amide bonds. The van der Waals surface area contributed by atoms with E-state index in [0.29, 0.717) is 22.9 Å². The van der Waals surface area contributed by atoms with E-state index >= 15 is 0 Å². The Morgan fingerprint density at radius 1 is 0.962 bits per heavy atom. The third-order valence-corrected chi connectivity index (χ3v) is 3.97. The van der Waals surface area contributed by atoms with Gasteiger partial charge < -0.3 is 4.74 Å². The highest BCUT2D eigenvalue weighted by Crippen LogP contribution is 2.18. The van der Waals surface area contributed by atoms with Gasteiger partial charge in [0.2, 0.25) is 0 Å². The first-order valence-electron chi connectivity index (χ1n) is 8.08. The number of nitrogens with zero attached hydrogens (tertiary/aromatic N) is 1. The van der Waals surface area contributed by atoms with Gasteiger partial charge in [0.05, 0.1) is 16.8 Å². The summed E-state index contributed by atoms with van der Waals surface area (Å²) in [6, 6.07) is 24.2. The van der Waals surface area contributed by atoms with Crippen molar-refractivity contribution in [2.75, 3.05) is 0 Å². The van der Waals surface area contributed by atoms with Crippen LogP contribution >= 0.6 is 11.6 Å². The number of hydrogen-bond donors (Lipinski definition) is 1. The van der Waals surface area contributed by atoms with Crippen molar-refractivity contribution in [2.24, 2.45) is 5.10 Å². The zero-order valence-electron chi connectivity index (χ0n) is 13.9. The summed E-state index contributed by atoms with van der Waals surface area (Å²) >= 11 is 6.01. The molecule has 130 valence electrons. The first-order valence-corrected chi connectivity index (χ1v) is 8.45. The molecule has 3 aromatic rings. The van der Waals surface area contributed by atoms with Crippen LogP contribution in [0.3, 0.4) is 0 Å². The summed E-state index contributed by atoms with van der Waals surface area (Å²) in [7, 11) is 0. The number of benzene rings is 3. The van der Waals surface area contributed by atoms with Crippen LogP contribution < -0.4 is 10.2 Å². The van der Waals surface area contributed by atoms with Crippen LogP contribution in [0.25, 0.3) is 0 Å². The first kappa shape index (κ1) is 17.7. The van der Waals surface area contributed by atoms with Gasteiger partial charge in [0, 0.05) is 5.56 Å². The third kappa shape index (κ3) is 4.71. The molecule has 0 aliphatic carbocycles. The highest BCUT2D eigenvalue weighted by atomic mass is 35.5. The lowest BCUT2D eigenvalue weighted by atomic mass is 10.2. The van der Waals surface area contributed by atoms with Crippen molar-refractivity contribution in [2.45, 2.75) is 6.61 Å². The lowest BCUT2D eigenvalue weighted by molar-refractivity contribution is 0.0955. The Morgan fingerprint density at radius 3 is 2.46 bits per heavy atom.